The van der Waals surface area contributed by atoms with E-state index in [1.807, 2.05) is 24.0 Å². The molecule has 0 atom stereocenters. The van der Waals surface area contributed by atoms with Crippen molar-refractivity contribution < 1.29 is 4.74 Å². The van der Waals surface area contributed by atoms with Crippen molar-refractivity contribution >= 4 is 34.4 Å². The maximum Gasteiger partial charge on any atom is 0.204 e. The van der Waals surface area contributed by atoms with Crippen molar-refractivity contribution in [3.05, 3.63) is 28.5 Å². The van der Waals surface area contributed by atoms with Crippen LogP contribution < -0.4 is 10.2 Å². The smallest absolute Gasteiger partial charge is 0.204 e. The molecule has 26 heavy (non-hydrogen) atoms. The lowest BCUT2D eigenvalue weighted by molar-refractivity contribution is 0.147. The third kappa shape index (κ3) is 5.47. The van der Waals surface area contributed by atoms with Gasteiger partial charge in [-0.1, -0.05) is 11.3 Å². The summed E-state index contributed by atoms with van der Waals surface area (Å²) in [4.78, 5) is 8.87. The molecule has 0 radical (unpaired) electrons. The van der Waals surface area contributed by atoms with Gasteiger partial charge in [0.05, 0.1) is 6.67 Å². The molecule has 0 unspecified atom stereocenters. The van der Waals surface area contributed by atoms with Crippen LogP contribution in [0.3, 0.4) is 0 Å². The molecule has 0 aliphatic carbocycles. The SMILES string of the molecule is CCOCCCNc1nn(CN2CCN(c3ccncc3)CC2)c(=S)s1. The minimum absolute atomic E-state index is 0.750. The molecular weight excluding hydrogens is 368 g/mol. The topological polar surface area (TPSA) is 58.5 Å². The van der Waals surface area contributed by atoms with Crippen molar-refractivity contribution in [1.29, 1.82) is 0 Å². The van der Waals surface area contributed by atoms with E-state index in [1.165, 1.54) is 17.0 Å². The Morgan fingerprint density at radius 3 is 2.73 bits per heavy atom. The maximum absolute atomic E-state index is 5.47. The van der Waals surface area contributed by atoms with Gasteiger partial charge in [0.25, 0.3) is 0 Å². The normalized spacial score (nSPS) is 15.3. The zero-order chi connectivity index (χ0) is 18.2. The maximum atomic E-state index is 5.47. The summed E-state index contributed by atoms with van der Waals surface area (Å²) in [6, 6.07) is 4.13. The van der Waals surface area contributed by atoms with Gasteiger partial charge in [0.2, 0.25) is 5.13 Å². The van der Waals surface area contributed by atoms with E-state index in [1.54, 1.807) is 0 Å². The zero-order valence-corrected chi connectivity index (χ0v) is 16.8. The lowest BCUT2D eigenvalue weighted by atomic mass is 10.3. The van der Waals surface area contributed by atoms with E-state index in [9.17, 15) is 0 Å². The van der Waals surface area contributed by atoms with Crippen molar-refractivity contribution in [1.82, 2.24) is 19.7 Å². The Hall–Kier alpha value is -1.55. The third-order valence-electron chi connectivity index (χ3n) is 4.29. The molecule has 3 rings (SSSR count). The first-order valence-corrected chi connectivity index (χ1v) is 10.3. The van der Waals surface area contributed by atoms with Gasteiger partial charge in [0.15, 0.2) is 3.95 Å². The first kappa shape index (κ1) is 19.2. The average molecular weight is 395 g/mol. The highest BCUT2D eigenvalue weighted by molar-refractivity contribution is 7.73. The molecule has 0 saturated carbocycles. The van der Waals surface area contributed by atoms with Crippen LogP contribution in [0.1, 0.15) is 13.3 Å². The lowest BCUT2D eigenvalue weighted by Gasteiger charge is -2.35. The molecule has 0 spiro atoms. The van der Waals surface area contributed by atoms with Crippen LogP contribution in [-0.4, -0.2) is 65.6 Å². The van der Waals surface area contributed by atoms with Gasteiger partial charge in [0, 0.05) is 64.0 Å². The Bertz CT molecular complexity index is 712. The molecule has 0 aromatic carbocycles. The predicted octanol–water partition coefficient (Wildman–Crippen LogP) is 2.69. The van der Waals surface area contributed by atoms with Gasteiger partial charge in [-0.05, 0) is 37.7 Å². The van der Waals surface area contributed by atoms with Gasteiger partial charge >= 0.3 is 0 Å². The van der Waals surface area contributed by atoms with Crippen LogP contribution in [0.15, 0.2) is 24.5 Å². The molecule has 7 nitrogen and oxygen atoms in total. The van der Waals surface area contributed by atoms with Gasteiger partial charge in [-0.25, -0.2) is 4.68 Å². The van der Waals surface area contributed by atoms with Crippen LogP contribution in [0.25, 0.3) is 0 Å². The minimum atomic E-state index is 0.750. The van der Waals surface area contributed by atoms with Crippen LogP contribution in [0.2, 0.25) is 0 Å². The molecule has 1 fully saturated rings. The Kier molecular flexibility index (Phi) is 7.36. The molecule has 9 heteroatoms. The van der Waals surface area contributed by atoms with Gasteiger partial charge in [-0.15, -0.1) is 5.10 Å². The molecule has 1 aliphatic heterocycles. The molecule has 3 heterocycles. The Balaban J connectivity index is 1.45. The predicted molar refractivity (Wildman–Crippen MR) is 109 cm³/mol. The summed E-state index contributed by atoms with van der Waals surface area (Å²) in [5.41, 5.74) is 1.24. The van der Waals surface area contributed by atoms with E-state index in [0.717, 1.165) is 68.1 Å². The van der Waals surface area contributed by atoms with Crippen LogP contribution in [0, 0.1) is 3.95 Å². The second-order valence-electron chi connectivity index (χ2n) is 6.10. The fraction of sp³-hybridized carbons (Fsp3) is 0.588. The molecule has 2 aromatic rings. The molecule has 1 saturated heterocycles. The number of anilines is 2. The lowest BCUT2D eigenvalue weighted by Crippen LogP contribution is -2.46. The van der Waals surface area contributed by atoms with Gasteiger partial charge in [0.1, 0.15) is 0 Å². The second-order valence-corrected chi connectivity index (χ2v) is 7.72. The van der Waals surface area contributed by atoms with Crippen molar-refractivity contribution in [2.24, 2.45) is 0 Å². The summed E-state index contributed by atoms with van der Waals surface area (Å²) < 4.78 is 8.08. The van der Waals surface area contributed by atoms with Crippen molar-refractivity contribution in [3.8, 4) is 0 Å². The Labute approximate surface area is 163 Å². The highest BCUT2D eigenvalue weighted by Crippen LogP contribution is 2.17. The average Bonchev–Trinajstić information content (AvgIpc) is 3.02. The van der Waals surface area contributed by atoms with Gasteiger partial charge in [-0.2, -0.15) is 0 Å². The zero-order valence-electron chi connectivity index (χ0n) is 15.1. The molecule has 1 aliphatic rings. The molecule has 142 valence electrons. The number of piperazine rings is 1. The number of nitrogens with zero attached hydrogens (tertiary/aromatic N) is 5. The van der Waals surface area contributed by atoms with Crippen molar-refractivity contribution in [3.63, 3.8) is 0 Å². The van der Waals surface area contributed by atoms with E-state index < -0.39 is 0 Å². The number of aromatic nitrogens is 3. The van der Waals surface area contributed by atoms with Crippen LogP contribution in [0.4, 0.5) is 10.8 Å². The van der Waals surface area contributed by atoms with E-state index in [4.69, 9.17) is 17.0 Å². The van der Waals surface area contributed by atoms with E-state index >= 15 is 0 Å². The van der Waals surface area contributed by atoms with E-state index in [2.05, 4.69) is 37.3 Å². The first-order chi connectivity index (χ1) is 12.8. The number of hydrogen-bond acceptors (Lipinski definition) is 8. The van der Waals surface area contributed by atoms with Gasteiger partial charge in [-0.3, -0.25) is 9.88 Å². The molecular formula is C17H26N6OS2. The van der Waals surface area contributed by atoms with Crippen LogP contribution >= 0.6 is 23.6 Å². The number of rotatable bonds is 9. The summed E-state index contributed by atoms with van der Waals surface area (Å²) in [7, 11) is 0. The summed E-state index contributed by atoms with van der Waals surface area (Å²) in [5, 5.41) is 8.84. The standard InChI is InChI=1S/C17H26N6OS2/c1-2-24-13-3-6-19-16-20-23(17(25)26-16)14-21-9-11-22(12-10-21)15-4-7-18-8-5-15/h4-5,7-8H,2-3,6,9-14H2,1H3,(H,19,20). The molecule has 1 N–H and O–H groups in total. The summed E-state index contributed by atoms with van der Waals surface area (Å²) in [6.45, 7) is 9.16. The molecule has 0 bridgehead atoms. The highest BCUT2D eigenvalue weighted by atomic mass is 32.1. The Morgan fingerprint density at radius 1 is 1.23 bits per heavy atom. The van der Waals surface area contributed by atoms with Crippen molar-refractivity contribution in [2.45, 2.75) is 20.0 Å². The monoisotopic (exact) mass is 394 g/mol. The highest BCUT2D eigenvalue weighted by Gasteiger charge is 2.18. The van der Waals surface area contributed by atoms with Gasteiger partial charge < -0.3 is 15.0 Å². The Morgan fingerprint density at radius 2 is 2.00 bits per heavy atom. The molecule has 2 aromatic heterocycles. The number of ether oxygens (including phenoxy) is 1. The quantitative estimate of drug-likeness (QED) is 0.518. The minimum Gasteiger partial charge on any atom is -0.382 e. The van der Waals surface area contributed by atoms with E-state index in [0.29, 0.717) is 0 Å². The first-order valence-electron chi connectivity index (χ1n) is 9.03. The summed E-state index contributed by atoms with van der Waals surface area (Å²) >= 11 is 7.01. The molecule has 0 amide bonds. The van der Waals surface area contributed by atoms with Crippen LogP contribution in [-0.2, 0) is 11.4 Å². The fourth-order valence-electron chi connectivity index (χ4n) is 2.87. The number of nitrogens with one attached hydrogen (secondary N) is 1. The number of pyridine rings is 1. The summed E-state index contributed by atoms with van der Waals surface area (Å²) in [6.07, 6.45) is 4.66. The second kappa shape index (κ2) is 9.96. The fourth-order valence-corrected chi connectivity index (χ4v) is 3.89. The number of hydrogen-bond donors (Lipinski definition) is 1. The third-order valence-corrected chi connectivity index (χ3v) is 5.55. The van der Waals surface area contributed by atoms with E-state index in [-0.39, 0.29) is 0 Å². The summed E-state index contributed by atoms with van der Waals surface area (Å²) in [5.74, 6) is 0. The largest absolute Gasteiger partial charge is 0.382 e. The van der Waals surface area contributed by atoms with Crippen LogP contribution in [0.5, 0.6) is 0 Å². The van der Waals surface area contributed by atoms with Crippen molar-refractivity contribution in [2.75, 3.05) is 56.2 Å².